The predicted molar refractivity (Wildman–Crippen MR) is 89.2 cm³/mol. The van der Waals surface area contributed by atoms with Crippen LogP contribution in [0.15, 0.2) is 0 Å². The third-order valence-corrected chi connectivity index (χ3v) is 7.75. The van der Waals surface area contributed by atoms with Crippen molar-refractivity contribution in [3.8, 4) is 36.0 Å². The summed E-state index contributed by atoms with van der Waals surface area (Å²) in [5, 5.41) is 0.211. The summed E-state index contributed by atoms with van der Waals surface area (Å²) < 4.78 is 16.2. The fourth-order valence-corrected chi connectivity index (χ4v) is 1.82. The van der Waals surface area contributed by atoms with Gasteiger partial charge in [-0.25, -0.2) is 0 Å². The van der Waals surface area contributed by atoms with Crippen LogP contribution in [0.4, 0.5) is 0 Å². The Morgan fingerprint density at radius 1 is 0.810 bits per heavy atom. The first-order valence-electron chi connectivity index (χ1n) is 6.95. The molecule has 0 rings (SSSR count). The average molecular weight is 306 g/mol. The first kappa shape index (κ1) is 19.8. The van der Waals surface area contributed by atoms with E-state index in [-0.39, 0.29) is 11.6 Å². The molecule has 0 amide bonds. The van der Waals surface area contributed by atoms with Crippen LogP contribution in [0.1, 0.15) is 20.8 Å². The third kappa shape index (κ3) is 10.2. The summed E-state index contributed by atoms with van der Waals surface area (Å²) in [6, 6.07) is 0. The van der Waals surface area contributed by atoms with Crippen LogP contribution in [0, 0.1) is 36.0 Å². The highest BCUT2D eigenvalue weighted by atomic mass is 28.4. The summed E-state index contributed by atoms with van der Waals surface area (Å²) in [5.74, 6) is 13.9. The molecular formula is C17H26O3Si. The van der Waals surface area contributed by atoms with Crippen LogP contribution in [-0.2, 0) is 13.9 Å². The van der Waals surface area contributed by atoms with Gasteiger partial charge in [-0.05, 0) is 18.1 Å². The van der Waals surface area contributed by atoms with Gasteiger partial charge in [-0.1, -0.05) is 50.4 Å². The van der Waals surface area contributed by atoms with Crippen LogP contribution in [0.5, 0.6) is 0 Å². The lowest BCUT2D eigenvalue weighted by atomic mass is 10.2. The maximum absolute atomic E-state index is 5.93. The number of ether oxygens (including phenoxy) is 2. The Kier molecular flexibility index (Phi) is 9.88. The standard InChI is InChI=1S/C17H26O3Si/c1-7-12-18-13-8-9-14-19-15-10-11-16-20-21(5,6)17(2,3)4/h1H,12-16H2,2-6H3. The van der Waals surface area contributed by atoms with Crippen molar-refractivity contribution in [1.29, 1.82) is 0 Å². The Labute approximate surface area is 130 Å². The van der Waals surface area contributed by atoms with E-state index in [2.05, 4.69) is 63.5 Å². The molecule has 0 aromatic heterocycles. The van der Waals surface area contributed by atoms with Gasteiger partial charge in [-0.15, -0.1) is 6.42 Å². The molecule has 0 aromatic carbocycles. The number of terminal acetylenes is 1. The van der Waals surface area contributed by atoms with E-state index in [0.29, 0.717) is 26.4 Å². The van der Waals surface area contributed by atoms with Crippen LogP contribution in [0.2, 0.25) is 18.1 Å². The average Bonchev–Trinajstić information content (AvgIpc) is 2.38. The Hall–Kier alpha value is -1.22. The van der Waals surface area contributed by atoms with Crippen molar-refractivity contribution in [3.05, 3.63) is 0 Å². The zero-order valence-electron chi connectivity index (χ0n) is 13.8. The van der Waals surface area contributed by atoms with Gasteiger partial charge in [0.2, 0.25) is 0 Å². The number of hydrogen-bond acceptors (Lipinski definition) is 3. The van der Waals surface area contributed by atoms with Gasteiger partial charge in [-0.3, -0.25) is 0 Å². The van der Waals surface area contributed by atoms with Crippen LogP contribution < -0.4 is 0 Å². The second-order valence-corrected chi connectivity index (χ2v) is 10.8. The van der Waals surface area contributed by atoms with E-state index in [4.69, 9.17) is 20.3 Å². The lowest BCUT2D eigenvalue weighted by Crippen LogP contribution is -2.40. The fraction of sp³-hybridized carbons (Fsp3) is 0.647. The number of hydrogen-bond donors (Lipinski definition) is 0. The Balaban J connectivity index is 3.71. The molecule has 0 aromatic rings. The second kappa shape index (κ2) is 10.5. The summed E-state index contributed by atoms with van der Waals surface area (Å²) in [4.78, 5) is 0. The highest BCUT2D eigenvalue weighted by molar-refractivity contribution is 6.74. The van der Waals surface area contributed by atoms with E-state index >= 15 is 0 Å². The van der Waals surface area contributed by atoms with Gasteiger partial charge in [0, 0.05) is 0 Å². The van der Waals surface area contributed by atoms with E-state index in [9.17, 15) is 0 Å². The Morgan fingerprint density at radius 3 is 1.67 bits per heavy atom. The third-order valence-electron chi connectivity index (χ3n) is 3.27. The van der Waals surface area contributed by atoms with Gasteiger partial charge < -0.3 is 13.9 Å². The SMILES string of the molecule is C#CCOCC#CCOCC#CCO[Si](C)(C)C(C)(C)C. The van der Waals surface area contributed by atoms with Crippen molar-refractivity contribution in [2.45, 2.75) is 38.9 Å². The van der Waals surface area contributed by atoms with Crippen LogP contribution >= 0.6 is 0 Å². The van der Waals surface area contributed by atoms with Crippen molar-refractivity contribution in [2.24, 2.45) is 0 Å². The molecule has 0 aliphatic rings. The van der Waals surface area contributed by atoms with Gasteiger partial charge in [0.1, 0.15) is 26.4 Å². The molecule has 0 spiro atoms. The molecule has 4 heteroatoms. The minimum Gasteiger partial charge on any atom is -0.406 e. The largest absolute Gasteiger partial charge is 0.406 e. The smallest absolute Gasteiger partial charge is 0.193 e. The highest BCUT2D eigenvalue weighted by Crippen LogP contribution is 2.36. The normalized spacial score (nSPS) is 10.9. The van der Waals surface area contributed by atoms with Crippen molar-refractivity contribution in [2.75, 3.05) is 33.0 Å². The van der Waals surface area contributed by atoms with Gasteiger partial charge in [0.05, 0.1) is 6.61 Å². The molecule has 0 N–H and O–H groups in total. The van der Waals surface area contributed by atoms with E-state index in [0.717, 1.165) is 0 Å². The summed E-state index contributed by atoms with van der Waals surface area (Å²) in [6.45, 7) is 12.8. The van der Waals surface area contributed by atoms with Crippen molar-refractivity contribution in [1.82, 2.24) is 0 Å². The first-order valence-corrected chi connectivity index (χ1v) is 9.86. The molecule has 0 saturated carbocycles. The zero-order chi connectivity index (χ0) is 16.2. The molecule has 0 saturated heterocycles. The Morgan fingerprint density at radius 2 is 1.24 bits per heavy atom. The number of rotatable bonds is 6. The second-order valence-electron chi connectivity index (χ2n) is 5.95. The minimum atomic E-state index is -1.70. The molecular weight excluding hydrogens is 280 g/mol. The monoisotopic (exact) mass is 306 g/mol. The Bertz CT molecular complexity index is 447. The molecule has 0 fully saturated rings. The molecule has 116 valence electrons. The van der Waals surface area contributed by atoms with E-state index < -0.39 is 8.32 Å². The molecule has 21 heavy (non-hydrogen) atoms. The fourth-order valence-electron chi connectivity index (χ4n) is 0.951. The molecule has 3 nitrogen and oxygen atoms in total. The molecule has 0 radical (unpaired) electrons. The van der Waals surface area contributed by atoms with Crippen LogP contribution in [-0.4, -0.2) is 41.4 Å². The summed E-state index contributed by atoms with van der Waals surface area (Å²) in [7, 11) is -1.70. The summed E-state index contributed by atoms with van der Waals surface area (Å²) in [6.07, 6.45) is 5.03. The quantitative estimate of drug-likeness (QED) is 0.429. The highest BCUT2D eigenvalue weighted by Gasteiger charge is 2.36. The molecule has 0 heterocycles. The predicted octanol–water partition coefficient (Wildman–Crippen LogP) is 2.68. The van der Waals surface area contributed by atoms with E-state index in [1.54, 1.807) is 0 Å². The molecule has 0 aliphatic carbocycles. The lowest BCUT2D eigenvalue weighted by Gasteiger charge is -2.35. The van der Waals surface area contributed by atoms with Crippen molar-refractivity contribution in [3.63, 3.8) is 0 Å². The van der Waals surface area contributed by atoms with Gasteiger partial charge >= 0.3 is 0 Å². The van der Waals surface area contributed by atoms with Crippen LogP contribution in [0.25, 0.3) is 0 Å². The van der Waals surface area contributed by atoms with E-state index in [1.807, 2.05) is 0 Å². The van der Waals surface area contributed by atoms with E-state index in [1.165, 1.54) is 0 Å². The first-order chi connectivity index (χ1) is 9.81. The molecule has 0 bridgehead atoms. The zero-order valence-corrected chi connectivity index (χ0v) is 14.8. The maximum Gasteiger partial charge on any atom is 0.193 e. The summed E-state index contributed by atoms with van der Waals surface area (Å²) >= 11 is 0. The lowest BCUT2D eigenvalue weighted by molar-refractivity contribution is 0.198. The van der Waals surface area contributed by atoms with Crippen molar-refractivity contribution < 1.29 is 13.9 Å². The van der Waals surface area contributed by atoms with Gasteiger partial charge in [0.15, 0.2) is 8.32 Å². The summed E-state index contributed by atoms with van der Waals surface area (Å²) in [5.41, 5.74) is 0. The molecule has 0 unspecified atom stereocenters. The van der Waals surface area contributed by atoms with Gasteiger partial charge in [-0.2, -0.15) is 0 Å². The van der Waals surface area contributed by atoms with Crippen molar-refractivity contribution >= 4 is 8.32 Å². The topological polar surface area (TPSA) is 27.7 Å². The minimum absolute atomic E-state index is 0.211. The molecule has 0 aliphatic heterocycles. The van der Waals surface area contributed by atoms with Gasteiger partial charge in [0.25, 0.3) is 0 Å². The maximum atomic E-state index is 5.93. The van der Waals surface area contributed by atoms with Crippen LogP contribution in [0.3, 0.4) is 0 Å². The molecule has 0 atom stereocenters.